The highest BCUT2D eigenvalue weighted by atomic mass is 16.5. The summed E-state index contributed by atoms with van der Waals surface area (Å²) in [5.41, 5.74) is 7.32. The summed E-state index contributed by atoms with van der Waals surface area (Å²) in [4.78, 5) is 4.26. The molecule has 0 aliphatic rings. The Balaban J connectivity index is 1.78. The van der Waals surface area contributed by atoms with Crippen LogP contribution in [-0.2, 0) is 6.61 Å². The molecular weight excluding hydrogens is 228 g/mol. The van der Waals surface area contributed by atoms with Gasteiger partial charge in [0.15, 0.2) is 0 Å². The van der Waals surface area contributed by atoms with Crippen molar-refractivity contribution in [3.8, 4) is 5.75 Å². The van der Waals surface area contributed by atoms with Crippen molar-refractivity contribution in [2.45, 2.75) is 6.61 Å². The van der Waals surface area contributed by atoms with E-state index in [0.717, 1.165) is 22.3 Å². The molecule has 18 heavy (non-hydrogen) atoms. The third kappa shape index (κ3) is 2.10. The van der Waals surface area contributed by atoms with Crippen molar-refractivity contribution in [1.29, 1.82) is 0 Å². The standard InChI is InChI=1S/C13H12N4O/c14-13-7-10(16-17-13)8-18-11-3-4-12-9(6-11)2-1-5-15-12/h1-7H,8H2,(H3,14,16,17). The average Bonchev–Trinajstić information content (AvgIpc) is 2.82. The topological polar surface area (TPSA) is 76.8 Å². The Labute approximate surface area is 104 Å². The number of hydrogen-bond donors (Lipinski definition) is 2. The minimum atomic E-state index is 0.413. The van der Waals surface area contributed by atoms with E-state index < -0.39 is 0 Å². The van der Waals surface area contributed by atoms with Crippen LogP contribution in [-0.4, -0.2) is 15.2 Å². The molecular formula is C13H12N4O. The lowest BCUT2D eigenvalue weighted by Crippen LogP contribution is -1.95. The van der Waals surface area contributed by atoms with Gasteiger partial charge in [-0.3, -0.25) is 10.1 Å². The van der Waals surface area contributed by atoms with Crippen molar-refractivity contribution in [3.05, 3.63) is 48.3 Å². The van der Waals surface area contributed by atoms with E-state index in [9.17, 15) is 0 Å². The van der Waals surface area contributed by atoms with Crippen molar-refractivity contribution in [2.75, 3.05) is 5.73 Å². The lowest BCUT2D eigenvalue weighted by Gasteiger charge is -2.05. The predicted octanol–water partition coefficient (Wildman–Crippen LogP) is 2.12. The van der Waals surface area contributed by atoms with Gasteiger partial charge in [0.2, 0.25) is 0 Å². The number of nitrogens with one attached hydrogen (secondary N) is 1. The Kier molecular flexibility index (Phi) is 2.57. The molecule has 3 aromatic rings. The monoisotopic (exact) mass is 240 g/mol. The van der Waals surface area contributed by atoms with Gasteiger partial charge in [-0.25, -0.2) is 0 Å². The second-order valence-corrected chi connectivity index (χ2v) is 3.96. The predicted molar refractivity (Wildman–Crippen MR) is 69.1 cm³/mol. The van der Waals surface area contributed by atoms with Gasteiger partial charge in [0.1, 0.15) is 18.2 Å². The molecule has 0 saturated carbocycles. The lowest BCUT2D eigenvalue weighted by molar-refractivity contribution is 0.301. The van der Waals surface area contributed by atoms with E-state index in [-0.39, 0.29) is 0 Å². The van der Waals surface area contributed by atoms with Crippen LogP contribution in [0.3, 0.4) is 0 Å². The SMILES string of the molecule is Nc1cc(COc2ccc3ncccc3c2)[nH]n1. The molecule has 0 saturated heterocycles. The number of nitrogen functional groups attached to an aromatic ring is 1. The molecule has 2 heterocycles. The number of nitrogens with zero attached hydrogens (tertiary/aromatic N) is 2. The Bertz CT molecular complexity index is 677. The van der Waals surface area contributed by atoms with Crippen molar-refractivity contribution >= 4 is 16.7 Å². The lowest BCUT2D eigenvalue weighted by atomic mass is 10.2. The highest BCUT2D eigenvalue weighted by Gasteiger charge is 2.01. The quantitative estimate of drug-likeness (QED) is 0.735. The molecule has 0 amide bonds. The molecule has 0 spiro atoms. The summed E-state index contributed by atoms with van der Waals surface area (Å²) in [6.45, 7) is 0.413. The number of pyridine rings is 1. The molecule has 5 heteroatoms. The minimum Gasteiger partial charge on any atom is -0.487 e. The summed E-state index contributed by atoms with van der Waals surface area (Å²) in [6.07, 6.45) is 1.77. The Morgan fingerprint density at radius 2 is 2.17 bits per heavy atom. The number of H-pyrrole nitrogens is 1. The van der Waals surface area contributed by atoms with Crippen molar-refractivity contribution < 1.29 is 4.74 Å². The van der Waals surface area contributed by atoms with Gasteiger partial charge in [-0.05, 0) is 24.3 Å². The van der Waals surface area contributed by atoms with Crippen LogP contribution in [0.5, 0.6) is 5.75 Å². The zero-order valence-corrected chi connectivity index (χ0v) is 9.63. The minimum absolute atomic E-state index is 0.413. The highest BCUT2D eigenvalue weighted by Crippen LogP contribution is 2.19. The molecule has 1 aromatic carbocycles. The number of benzene rings is 1. The first-order chi connectivity index (χ1) is 8.81. The Morgan fingerprint density at radius 3 is 3.00 bits per heavy atom. The van der Waals surface area contributed by atoms with Crippen LogP contribution in [0.25, 0.3) is 10.9 Å². The molecule has 0 fully saturated rings. The number of anilines is 1. The maximum absolute atomic E-state index is 5.66. The average molecular weight is 240 g/mol. The van der Waals surface area contributed by atoms with Gasteiger partial charge < -0.3 is 10.5 Å². The number of nitrogens with two attached hydrogens (primary N) is 1. The fourth-order valence-corrected chi connectivity index (χ4v) is 1.76. The maximum atomic E-state index is 5.66. The third-order valence-corrected chi connectivity index (χ3v) is 2.62. The van der Waals surface area contributed by atoms with Crippen LogP contribution in [0, 0.1) is 0 Å². The van der Waals surface area contributed by atoms with Crippen LogP contribution in [0.2, 0.25) is 0 Å². The molecule has 3 N–H and O–H groups in total. The van der Waals surface area contributed by atoms with Gasteiger partial charge in [0.25, 0.3) is 0 Å². The fraction of sp³-hybridized carbons (Fsp3) is 0.0769. The third-order valence-electron chi connectivity index (χ3n) is 2.62. The molecule has 5 nitrogen and oxygen atoms in total. The van der Waals surface area contributed by atoms with Crippen LogP contribution < -0.4 is 10.5 Å². The Hall–Kier alpha value is -2.56. The van der Waals surface area contributed by atoms with E-state index in [0.29, 0.717) is 12.4 Å². The number of fused-ring (bicyclic) bond motifs is 1. The number of hydrogen-bond acceptors (Lipinski definition) is 4. The summed E-state index contributed by atoms with van der Waals surface area (Å²) >= 11 is 0. The van der Waals surface area contributed by atoms with E-state index in [1.165, 1.54) is 0 Å². The number of ether oxygens (including phenoxy) is 1. The zero-order valence-electron chi connectivity index (χ0n) is 9.63. The molecule has 0 radical (unpaired) electrons. The largest absolute Gasteiger partial charge is 0.487 e. The second-order valence-electron chi connectivity index (χ2n) is 3.96. The molecule has 0 aliphatic heterocycles. The van der Waals surface area contributed by atoms with Crippen LogP contribution in [0.1, 0.15) is 5.69 Å². The van der Waals surface area contributed by atoms with Gasteiger partial charge >= 0.3 is 0 Å². The molecule has 0 bridgehead atoms. The molecule has 0 atom stereocenters. The Morgan fingerprint density at radius 1 is 1.22 bits per heavy atom. The van der Waals surface area contributed by atoms with Gasteiger partial charge in [-0.15, -0.1) is 0 Å². The van der Waals surface area contributed by atoms with Crippen LogP contribution in [0.15, 0.2) is 42.6 Å². The van der Waals surface area contributed by atoms with Gasteiger partial charge in [-0.2, -0.15) is 5.10 Å². The molecule has 0 aliphatic carbocycles. The number of aromatic nitrogens is 3. The van der Waals surface area contributed by atoms with Gasteiger partial charge in [0, 0.05) is 17.6 Å². The fourth-order valence-electron chi connectivity index (χ4n) is 1.76. The first-order valence-electron chi connectivity index (χ1n) is 5.58. The van der Waals surface area contributed by atoms with E-state index in [1.54, 1.807) is 12.3 Å². The van der Waals surface area contributed by atoms with E-state index in [4.69, 9.17) is 10.5 Å². The van der Waals surface area contributed by atoms with Gasteiger partial charge in [-0.1, -0.05) is 6.07 Å². The van der Waals surface area contributed by atoms with E-state index in [1.807, 2.05) is 30.3 Å². The maximum Gasteiger partial charge on any atom is 0.145 e. The summed E-state index contributed by atoms with van der Waals surface area (Å²) in [6, 6.07) is 11.5. The number of aromatic amines is 1. The first-order valence-corrected chi connectivity index (χ1v) is 5.58. The van der Waals surface area contributed by atoms with E-state index >= 15 is 0 Å². The van der Waals surface area contributed by atoms with Crippen molar-refractivity contribution in [3.63, 3.8) is 0 Å². The number of rotatable bonds is 3. The van der Waals surface area contributed by atoms with Crippen LogP contribution >= 0.6 is 0 Å². The summed E-state index contributed by atoms with van der Waals surface area (Å²) in [5, 5.41) is 7.70. The molecule has 3 rings (SSSR count). The van der Waals surface area contributed by atoms with E-state index in [2.05, 4.69) is 15.2 Å². The van der Waals surface area contributed by atoms with Crippen molar-refractivity contribution in [2.24, 2.45) is 0 Å². The normalized spacial score (nSPS) is 10.7. The molecule has 0 unspecified atom stereocenters. The smallest absolute Gasteiger partial charge is 0.145 e. The summed E-state index contributed by atoms with van der Waals surface area (Å²) in [7, 11) is 0. The first kappa shape index (κ1) is 10.6. The summed E-state index contributed by atoms with van der Waals surface area (Å²) < 4.78 is 5.66. The summed E-state index contributed by atoms with van der Waals surface area (Å²) in [5.74, 6) is 1.26. The van der Waals surface area contributed by atoms with Crippen molar-refractivity contribution in [1.82, 2.24) is 15.2 Å². The van der Waals surface area contributed by atoms with Gasteiger partial charge in [0.05, 0.1) is 11.2 Å². The molecule has 2 aromatic heterocycles. The highest BCUT2D eigenvalue weighted by molar-refractivity contribution is 5.79. The zero-order chi connectivity index (χ0) is 12.4. The van der Waals surface area contributed by atoms with Crippen LogP contribution in [0.4, 0.5) is 5.82 Å². The molecule has 90 valence electrons. The second kappa shape index (κ2) is 4.37.